The normalized spacial score (nSPS) is 13.0. The summed E-state index contributed by atoms with van der Waals surface area (Å²) in [6.45, 7) is 1.96. The topological polar surface area (TPSA) is 64.1 Å². The summed E-state index contributed by atoms with van der Waals surface area (Å²) in [6, 6.07) is 18.8. The molecule has 0 saturated heterocycles. The Morgan fingerprint density at radius 3 is 2.44 bits per heavy atom. The lowest BCUT2D eigenvalue weighted by molar-refractivity contribution is -0.146. The second-order valence-corrected chi connectivity index (χ2v) is 7.46. The van der Waals surface area contributed by atoms with Crippen molar-refractivity contribution in [1.29, 1.82) is 0 Å². The second-order valence-electron chi connectivity index (χ2n) is 7.46. The van der Waals surface area contributed by atoms with Crippen LogP contribution in [0.3, 0.4) is 0 Å². The highest BCUT2D eigenvalue weighted by molar-refractivity contribution is 5.77. The van der Waals surface area contributed by atoms with Crippen LogP contribution in [0.5, 0.6) is 0 Å². The minimum Gasteiger partial charge on any atom is -0.351 e. The maximum atomic E-state index is 13.2. The highest BCUT2D eigenvalue weighted by Crippen LogP contribution is 2.29. The van der Waals surface area contributed by atoms with E-state index in [4.69, 9.17) is 0 Å². The van der Waals surface area contributed by atoms with Crippen LogP contribution in [0.15, 0.2) is 67.0 Å². The molecule has 5 rings (SSSR count). The number of hydrogen-bond donors (Lipinski definition) is 0. The summed E-state index contributed by atoms with van der Waals surface area (Å²) >= 11 is 0. The van der Waals surface area contributed by atoms with Crippen molar-refractivity contribution in [3.8, 4) is 5.69 Å². The zero-order valence-electron chi connectivity index (χ0n) is 17.2. The van der Waals surface area contributed by atoms with Crippen molar-refractivity contribution in [2.45, 2.75) is 19.1 Å². The summed E-state index contributed by atoms with van der Waals surface area (Å²) < 4.78 is 42.3. The summed E-state index contributed by atoms with van der Waals surface area (Å²) in [4.78, 5) is 6.23. The second kappa shape index (κ2) is 7.33. The van der Waals surface area contributed by atoms with Gasteiger partial charge in [0.2, 0.25) is 0 Å². The van der Waals surface area contributed by atoms with Crippen molar-refractivity contribution in [3.05, 3.63) is 78.4 Å². The molecular weight excluding hydrogens is 419 g/mol. The lowest BCUT2D eigenvalue weighted by atomic mass is 10.1. The van der Waals surface area contributed by atoms with E-state index >= 15 is 0 Å². The van der Waals surface area contributed by atoms with Gasteiger partial charge in [-0.25, -0.2) is 4.98 Å². The number of aromatic nitrogens is 6. The first-order chi connectivity index (χ1) is 15.3. The highest BCUT2D eigenvalue weighted by atomic mass is 19.4. The average Bonchev–Trinajstić information content (AvgIpc) is 3.42. The van der Waals surface area contributed by atoms with Gasteiger partial charge in [0, 0.05) is 12.7 Å². The summed E-state index contributed by atoms with van der Waals surface area (Å²) in [7, 11) is 1.79. The van der Waals surface area contributed by atoms with Crippen LogP contribution in [0.2, 0.25) is 0 Å². The number of benzene rings is 2. The number of alkyl halides is 3. The van der Waals surface area contributed by atoms with Gasteiger partial charge >= 0.3 is 6.18 Å². The van der Waals surface area contributed by atoms with Crippen molar-refractivity contribution in [2.24, 2.45) is 0 Å². The predicted octanol–water partition coefficient (Wildman–Crippen LogP) is 4.68. The van der Waals surface area contributed by atoms with Crippen molar-refractivity contribution in [1.82, 2.24) is 29.4 Å². The number of anilines is 1. The highest BCUT2D eigenvalue weighted by Gasteiger charge is 2.37. The van der Waals surface area contributed by atoms with E-state index in [1.165, 1.54) is 6.07 Å². The van der Waals surface area contributed by atoms with Crippen molar-refractivity contribution < 1.29 is 13.2 Å². The average molecular weight is 437 g/mol. The van der Waals surface area contributed by atoms with Crippen LogP contribution in [-0.4, -0.2) is 36.4 Å². The molecule has 0 bridgehead atoms. The van der Waals surface area contributed by atoms with Gasteiger partial charge in [0.05, 0.1) is 17.1 Å². The molecular formula is C22H18F3N7. The number of imidazole rings is 1. The van der Waals surface area contributed by atoms with E-state index < -0.39 is 12.0 Å². The number of halogens is 3. The molecule has 1 atom stereocenters. The molecule has 0 radical (unpaired) electrons. The van der Waals surface area contributed by atoms with E-state index in [1.54, 1.807) is 24.3 Å². The minimum absolute atomic E-state index is 0.0408. The summed E-state index contributed by atoms with van der Waals surface area (Å²) in [6.07, 6.45) is -2.85. The van der Waals surface area contributed by atoms with Gasteiger partial charge in [-0.2, -0.15) is 17.7 Å². The SMILES string of the molecule is C[C@@H](c1ccc(-n2cnc3ccccc32)cc1)N(C)c1ccc2nnc(C(F)(F)F)n2n1. The Balaban J connectivity index is 1.43. The third-order valence-electron chi connectivity index (χ3n) is 5.55. The van der Waals surface area contributed by atoms with Crippen LogP contribution >= 0.6 is 0 Å². The monoisotopic (exact) mass is 437 g/mol. The van der Waals surface area contributed by atoms with Gasteiger partial charge in [-0.15, -0.1) is 15.3 Å². The van der Waals surface area contributed by atoms with Crippen LogP contribution in [0.4, 0.5) is 19.0 Å². The van der Waals surface area contributed by atoms with E-state index in [-0.39, 0.29) is 11.7 Å². The lowest BCUT2D eigenvalue weighted by Gasteiger charge is -2.26. The largest absolute Gasteiger partial charge is 0.453 e. The molecule has 0 fully saturated rings. The number of rotatable bonds is 4. The fraction of sp³-hybridized carbons (Fsp3) is 0.182. The van der Waals surface area contributed by atoms with Crippen LogP contribution in [0.25, 0.3) is 22.4 Å². The third-order valence-corrected chi connectivity index (χ3v) is 5.55. The van der Waals surface area contributed by atoms with Crippen LogP contribution in [-0.2, 0) is 6.18 Å². The molecule has 0 aliphatic carbocycles. The van der Waals surface area contributed by atoms with Gasteiger partial charge in [0.15, 0.2) is 5.65 Å². The Labute approximate surface area is 180 Å². The summed E-state index contributed by atoms with van der Waals surface area (Å²) in [5, 5.41) is 10.9. The molecule has 3 heterocycles. The first-order valence-corrected chi connectivity index (χ1v) is 9.88. The molecule has 2 aromatic carbocycles. The van der Waals surface area contributed by atoms with Gasteiger partial charge in [0.1, 0.15) is 12.1 Å². The first kappa shape index (κ1) is 20.0. The molecule has 7 nitrogen and oxygen atoms in total. The Bertz CT molecular complexity index is 1400. The molecule has 10 heteroatoms. The molecule has 5 aromatic rings. The Morgan fingerprint density at radius 2 is 1.69 bits per heavy atom. The van der Waals surface area contributed by atoms with Gasteiger partial charge in [-0.1, -0.05) is 24.3 Å². The zero-order valence-corrected chi connectivity index (χ0v) is 17.2. The molecule has 0 aliphatic rings. The standard InChI is InChI=1S/C22H18F3N7/c1-14(30(2)20-12-11-19-27-28-21(22(23,24)25)32(19)29-20)15-7-9-16(10-8-15)31-13-26-17-5-3-4-6-18(17)31/h3-14H,1-2H3/t14-/m0/s1. The minimum atomic E-state index is -4.64. The Hall–Kier alpha value is -3.95. The van der Waals surface area contributed by atoms with Crippen LogP contribution in [0, 0.1) is 0 Å². The molecule has 162 valence electrons. The van der Waals surface area contributed by atoms with Crippen LogP contribution < -0.4 is 4.90 Å². The maximum Gasteiger partial charge on any atom is 0.453 e. The molecule has 0 saturated carbocycles. The molecule has 0 N–H and O–H groups in total. The molecule has 0 spiro atoms. The molecule has 0 unspecified atom stereocenters. The molecule has 0 amide bonds. The van der Waals surface area contributed by atoms with E-state index in [0.29, 0.717) is 5.82 Å². The van der Waals surface area contributed by atoms with E-state index in [2.05, 4.69) is 20.3 Å². The Kier molecular flexibility index (Phi) is 4.58. The smallest absolute Gasteiger partial charge is 0.351 e. The van der Waals surface area contributed by atoms with Gasteiger partial charge < -0.3 is 4.90 Å². The van der Waals surface area contributed by atoms with Gasteiger partial charge in [-0.3, -0.25) is 4.57 Å². The van der Waals surface area contributed by atoms with Crippen LogP contribution in [0.1, 0.15) is 24.4 Å². The zero-order chi connectivity index (χ0) is 22.5. The third kappa shape index (κ3) is 3.33. The van der Waals surface area contributed by atoms with Gasteiger partial charge in [-0.05, 0) is 48.9 Å². The van der Waals surface area contributed by atoms with E-state index in [0.717, 1.165) is 26.8 Å². The molecule has 32 heavy (non-hydrogen) atoms. The quantitative estimate of drug-likeness (QED) is 0.409. The van der Waals surface area contributed by atoms with Gasteiger partial charge in [0.25, 0.3) is 5.82 Å². The fourth-order valence-electron chi connectivity index (χ4n) is 3.64. The van der Waals surface area contributed by atoms with E-state index in [9.17, 15) is 13.2 Å². The predicted molar refractivity (Wildman–Crippen MR) is 114 cm³/mol. The van der Waals surface area contributed by atoms with E-state index in [1.807, 2.05) is 60.0 Å². The summed E-state index contributed by atoms with van der Waals surface area (Å²) in [5.74, 6) is -0.771. The van der Waals surface area contributed by atoms with Crippen molar-refractivity contribution in [3.63, 3.8) is 0 Å². The number of hydrogen-bond acceptors (Lipinski definition) is 5. The summed E-state index contributed by atoms with van der Waals surface area (Å²) in [5.41, 5.74) is 3.92. The Morgan fingerprint density at radius 1 is 0.938 bits per heavy atom. The van der Waals surface area contributed by atoms with Crippen molar-refractivity contribution >= 4 is 22.5 Å². The lowest BCUT2D eigenvalue weighted by Crippen LogP contribution is -2.24. The molecule has 3 aromatic heterocycles. The van der Waals surface area contributed by atoms with Crippen molar-refractivity contribution in [2.75, 3.05) is 11.9 Å². The molecule has 0 aliphatic heterocycles. The number of nitrogens with zero attached hydrogens (tertiary/aromatic N) is 7. The first-order valence-electron chi connectivity index (χ1n) is 9.88. The fourth-order valence-corrected chi connectivity index (χ4v) is 3.64. The number of para-hydroxylation sites is 2. The maximum absolute atomic E-state index is 13.2. The number of fused-ring (bicyclic) bond motifs is 2.